The van der Waals surface area contributed by atoms with Gasteiger partial charge in [-0.05, 0) is 36.8 Å². The van der Waals surface area contributed by atoms with E-state index in [2.05, 4.69) is 46.6 Å². The van der Waals surface area contributed by atoms with E-state index in [9.17, 15) is 5.26 Å². The first-order valence-electron chi connectivity index (χ1n) is 7.92. The highest BCUT2D eigenvalue weighted by Gasteiger charge is 2.08. The van der Waals surface area contributed by atoms with Crippen molar-refractivity contribution in [3.05, 3.63) is 78.0 Å². The minimum atomic E-state index is 0.462. The maximum absolute atomic E-state index is 9.19. The minimum absolute atomic E-state index is 0.462. The number of para-hydroxylation sites is 1. The third kappa shape index (κ3) is 2.93. The number of aryl methyl sites for hydroxylation is 1. The van der Waals surface area contributed by atoms with Gasteiger partial charge in [-0.2, -0.15) is 10.2 Å². The van der Waals surface area contributed by atoms with Crippen molar-refractivity contribution in [3.8, 4) is 17.2 Å². The molecule has 0 unspecified atom stereocenters. The van der Waals surface area contributed by atoms with Gasteiger partial charge in [0.1, 0.15) is 6.07 Å². The first-order chi connectivity index (χ1) is 12.2. The van der Waals surface area contributed by atoms with E-state index >= 15 is 0 Å². The Morgan fingerprint density at radius 2 is 1.88 bits per heavy atom. The number of nitrogens with one attached hydrogen (secondary N) is 1. The summed E-state index contributed by atoms with van der Waals surface area (Å²) in [6.07, 6.45) is 1.96. The summed E-state index contributed by atoms with van der Waals surface area (Å²) in [5.41, 5.74) is 5.42. The molecule has 5 nitrogen and oxygen atoms in total. The van der Waals surface area contributed by atoms with E-state index in [0.717, 1.165) is 16.8 Å². The Labute approximate surface area is 145 Å². The maximum Gasteiger partial charge on any atom is 0.247 e. The van der Waals surface area contributed by atoms with E-state index in [4.69, 9.17) is 0 Å². The smallest absolute Gasteiger partial charge is 0.247 e. The van der Waals surface area contributed by atoms with Gasteiger partial charge in [-0.15, -0.1) is 5.10 Å². The topological polar surface area (TPSA) is 66.0 Å². The summed E-state index contributed by atoms with van der Waals surface area (Å²) in [6, 6.07) is 21.8. The van der Waals surface area contributed by atoms with Gasteiger partial charge in [-0.1, -0.05) is 42.0 Å². The van der Waals surface area contributed by atoms with Crippen LogP contribution >= 0.6 is 0 Å². The molecular weight excluding hydrogens is 310 g/mol. The zero-order valence-corrected chi connectivity index (χ0v) is 13.6. The van der Waals surface area contributed by atoms with Gasteiger partial charge in [-0.25, -0.2) is 4.52 Å². The second kappa shape index (κ2) is 6.10. The van der Waals surface area contributed by atoms with Crippen molar-refractivity contribution >= 4 is 17.3 Å². The molecule has 2 aromatic carbocycles. The number of hydrogen-bond donors (Lipinski definition) is 1. The summed E-state index contributed by atoms with van der Waals surface area (Å²) in [6.45, 7) is 2.08. The fourth-order valence-electron chi connectivity index (χ4n) is 2.74. The highest BCUT2D eigenvalue weighted by molar-refractivity contribution is 5.67. The van der Waals surface area contributed by atoms with Gasteiger partial charge in [0.15, 0.2) is 5.65 Å². The molecule has 5 heteroatoms. The molecule has 0 spiro atoms. The number of benzene rings is 2. The number of nitriles is 1. The Kier molecular flexibility index (Phi) is 3.64. The van der Waals surface area contributed by atoms with Crippen LogP contribution in [-0.2, 0) is 0 Å². The van der Waals surface area contributed by atoms with Crippen LogP contribution in [0.5, 0.6) is 0 Å². The predicted molar refractivity (Wildman–Crippen MR) is 97.6 cm³/mol. The van der Waals surface area contributed by atoms with Gasteiger partial charge in [0.05, 0.1) is 11.3 Å². The summed E-state index contributed by atoms with van der Waals surface area (Å²) in [7, 11) is 0. The van der Waals surface area contributed by atoms with Gasteiger partial charge in [0.2, 0.25) is 5.95 Å². The minimum Gasteiger partial charge on any atom is -0.322 e. The number of hydrogen-bond acceptors (Lipinski definition) is 4. The Morgan fingerprint density at radius 3 is 2.72 bits per heavy atom. The van der Waals surface area contributed by atoms with Gasteiger partial charge in [0, 0.05) is 11.8 Å². The molecule has 0 saturated carbocycles. The molecule has 120 valence electrons. The predicted octanol–water partition coefficient (Wildman–Crippen LogP) is 4.32. The second-order valence-electron chi connectivity index (χ2n) is 5.81. The average molecular weight is 325 g/mol. The second-order valence-corrected chi connectivity index (χ2v) is 5.81. The molecule has 4 aromatic rings. The van der Waals surface area contributed by atoms with Crippen molar-refractivity contribution in [2.24, 2.45) is 0 Å². The summed E-state index contributed by atoms with van der Waals surface area (Å²) < 4.78 is 1.75. The van der Waals surface area contributed by atoms with E-state index in [0.29, 0.717) is 17.2 Å². The van der Waals surface area contributed by atoms with Crippen LogP contribution in [0, 0.1) is 18.3 Å². The summed E-state index contributed by atoms with van der Waals surface area (Å²) >= 11 is 0. The van der Waals surface area contributed by atoms with Crippen LogP contribution in [0.1, 0.15) is 11.1 Å². The van der Waals surface area contributed by atoms with Crippen LogP contribution in [0.15, 0.2) is 66.9 Å². The highest BCUT2D eigenvalue weighted by atomic mass is 15.3. The van der Waals surface area contributed by atoms with Crippen molar-refractivity contribution in [2.45, 2.75) is 6.92 Å². The van der Waals surface area contributed by atoms with E-state index in [1.807, 2.05) is 42.6 Å². The van der Waals surface area contributed by atoms with E-state index in [1.54, 1.807) is 10.6 Å². The summed E-state index contributed by atoms with van der Waals surface area (Å²) in [5.74, 6) is 0.462. The molecule has 2 heterocycles. The first-order valence-corrected chi connectivity index (χ1v) is 7.92. The van der Waals surface area contributed by atoms with Crippen LogP contribution in [0.25, 0.3) is 16.8 Å². The molecule has 0 amide bonds. The molecule has 2 aromatic heterocycles. The average Bonchev–Trinajstić information content (AvgIpc) is 3.03. The molecule has 0 aliphatic heterocycles. The fraction of sp³-hybridized carbons (Fsp3) is 0.0500. The van der Waals surface area contributed by atoms with E-state index in [-0.39, 0.29) is 0 Å². The molecule has 0 aliphatic rings. The molecule has 0 radical (unpaired) electrons. The fourth-order valence-corrected chi connectivity index (χ4v) is 2.74. The molecule has 0 bridgehead atoms. The standard InChI is InChI=1S/C20H15N5/c1-14-5-4-7-15(11-14)17-9-10-19-23-20(24-25(19)13-17)22-18-8-3-2-6-16(18)12-21/h2-11,13H,1H3,(H,22,24). The third-order valence-corrected chi connectivity index (χ3v) is 3.98. The lowest BCUT2D eigenvalue weighted by molar-refractivity contribution is 0.967. The van der Waals surface area contributed by atoms with Gasteiger partial charge in [-0.3, -0.25) is 0 Å². The lowest BCUT2D eigenvalue weighted by atomic mass is 10.1. The monoisotopic (exact) mass is 325 g/mol. The lowest BCUT2D eigenvalue weighted by Crippen LogP contribution is -1.95. The molecule has 1 N–H and O–H groups in total. The van der Waals surface area contributed by atoms with Gasteiger partial charge in [0.25, 0.3) is 0 Å². The van der Waals surface area contributed by atoms with Crippen LogP contribution in [0.3, 0.4) is 0 Å². The molecule has 0 aliphatic carbocycles. The molecule has 0 fully saturated rings. The Morgan fingerprint density at radius 1 is 1.00 bits per heavy atom. The quantitative estimate of drug-likeness (QED) is 0.609. The zero-order chi connectivity index (χ0) is 17.2. The number of anilines is 2. The van der Waals surface area contributed by atoms with Crippen LogP contribution in [0.4, 0.5) is 11.6 Å². The number of nitrogens with zero attached hydrogens (tertiary/aromatic N) is 4. The maximum atomic E-state index is 9.19. The third-order valence-electron chi connectivity index (χ3n) is 3.98. The van der Waals surface area contributed by atoms with Gasteiger partial charge >= 0.3 is 0 Å². The number of rotatable bonds is 3. The van der Waals surface area contributed by atoms with E-state index in [1.165, 1.54) is 5.56 Å². The molecule has 4 rings (SSSR count). The van der Waals surface area contributed by atoms with Crippen LogP contribution in [-0.4, -0.2) is 14.6 Å². The molecule has 0 saturated heterocycles. The Bertz CT molecular complexity index is 1100. The first kappa shape index (κ1) is 14.9. The van der Waals surface area contributed by atoms with Crippen molar-refractivity contribution in [2.75, 3.05) is 5.32 Å². The summed E-state index contributed by atoms with van der Waals surface area (Å²) in [4.78, 5) is 4.47. The van der Waals surface area contributed by atoms with Crippen molar-refractivity contribution in [3.63, 3.8) is 0 Å². The van der Waals surface area contributed by atoms with Crippen molar-refractivity contribution in [1.29, 1.82) is 5.26 Å². The molecule has 25 heavy (non-hydrogen) atoms. The largest absolute Gasteiger partial charge is 0.322 e. The summed E-state index contributed by atoms with van der Waals surface area (Å²) in [5, 5.41) is 16.8. The Balaban J connectivity index is 1.70. The van der Waals surface area contributed by atoms with Gasteiger partial charge < -0.3 is 5.32 Å². The molecular formula is C20H15N5. The SMILES string of the molecule is Cc1cccc(-c2ccc3nc(Nc4ccccc4C#N)nn3c2)c1. The van der Waals surface area contributed by atoms with E-state index < -0.39 is 0 Å². The number of aromatic nitrogens is 3. The number of fused-ring (bicyclic) bond motifs is 1. The van der Waals surface area contributed by atoms with Crippen molar-refractivity contribution < 1.29 is 0 Å². The van der Waals surface area contributed by atoms with Crippen LogP contribution < -0.4 is 5.32 Å². The highest BCUT2D eigenvalue weighted by Crippen LogP contribution is 2.22. The van der Waals surface area contributed by atoms with Crippen LogP contribution in [0.2, 0.25) is 0 Å². The normalized spacial score (nSPS) is 10.6. The number of pyridine rings is 1. The Hall–Kier alpha value is -3.65. The zero-order valence-electron chi connectivity index (χ0n) is 13.6. The lowest BCUT2D eigenvalue weighted by Gasteiger charge is -2.03. The van der Waals surface area contributed by atoms with Crippen molar-refractivity contribution in [1.82, 2.24) is 14.6 Å². The molecule has 0 atom stereocenters.